The van der Waals surface area contributed by atoms with Gasteiger partial charge in [-0.3, -0.25) is 9.69 Å². The number of rotatable bonds is 3. The van der Waals surface area contributed by atoms with Crippen LogP contribution in [0.5, 0.6) is 0 Å². The third-order valence-electron chi connectivity index (χ3n) is 2.82. The van der Waals surface area contributed by atoms with Crippen molar-refractivity contribution in [3.05, 3.63) is 0 Å². The summed E-state index contributed by atoms with van der Waals surface area (Å²) in [5, 5.41) is 11.4. The number of carboxylic acid groups (broad SMARTS) is 1. The van der Waals surface area contributed by atoms with Crippen LogP contribution in [0.4, 0.5) is 4.79 Å². The molecule has 0 aromatic carbocycles. The zero-order valence-electron chi connectivity index (χ0n) is 10.6. The lowest BCUT2D eigenvalue weighted by Crippen LogP contribution is -2.45. The van der Waals surface area contributed by atoms with Crippen molar-refractivity contribution in [2.75, 3.05) is 32.7 Å². The number of carbonyl (C=O) groups is 2. The van der Waals surface area contributed by atoms with Gasteiger partial charge in [0.15, 0.2) is 0 Å². The molecule has 1 saturated heterocycles. The summed E-state index contributed by atoms with van der Waals surface area (Å²) in [5.74, 6) is 1.60. The molecular weight excluding hydrogens is 234 g/mol. The highest BCUT2D eigenvalue weighted by molar-refractivity contribution is 5.75. The molecule has 2 N–H and O–H groups in total. The van der Waals surface area contributed by atoms with E-state index in [0.29, 0.717) is 26.2 Å². The fraction of sp³-hybridized carbons (Fsp3) is 0.667. The van der Waals surface area contributed by atoms with E-state index in [1.165, 1.54) is 0 Å². The van der Waals surface area contributed by atoms with Crippen molar-refractivity contribution in [2.45, 2.75) is 19.4 Å². The molecule has 18 heavy (non-hydrogen) atoms. The highest BCUT2D eigenvalue weighted by atomic mass is 16.4. The number of nitrogens with one attached hydrogen (secondary N) is 1. The number of hydrogen-bond acceptors (Lipinski definition) is 3. The first-order chi connectivity index (χ1) is 8.52. The van der Waals surface area contributed by atoms with Gasteiger partial charge in [0, 0.05) is 26.2 Å². The van der Waals surface area contributed by atoms with E-state index in [-0.39, 0.29) is 18.6 Å². The molecular formula is C12H19N3O3. The van der Waals surface area contributed by atoms with Crippen molar-refractivity contribution >= 4 is 12.0 Å². The van der Waals surface area contributed by atoms with Gasteiger partial charge in [0.2, 0.25) is 0 Å². The summed E-state index contributed by atoms with van der Waals surface area (Å²) in [6.45, 7) is 4.18. The van der Waals surface area contributed by atoms with Crippen LogP contribution < -0.4 is 5.32 Å². The largest absolute Gasteiger partial charge is 0.480 e. The predicted molar refractivity (Wildman–Crippen MR) is 67.1 cm³/mol. The minimum absolute atomic E-state index is 0.0240. The number of urea groups is 1. The van der Waals surface area contributed by atoms with E-state index in [4.69, 9.17) is 11.5 Å². The Labute approximate surface area is 107 Å². The SMILES string of the molecule is C#CC(C)NC(=O)N1CCCN(CC(=O)O)CC1. The number of nitrogens with zero attached hydrogens (tertiary/aromatic N) is 2. The summed E-state index contributed by atoms with van der Waals surface area (Å²) >= 11 is 0. The molecule has 6 nitrogen and oxygen atoms in total. The van der Waals surface area contributed by atoms with E-state index in [1.54, 1.807) is 11.8 Å². The number of carbonyl (C=O) groups excluding carboxylic acids is 1. The third-order valence-corrected chi connectivity index (χ3v) is 2.82. The molecule has 6 heteroatoms. The minimum atomic E-state index is -0.839. The van der Waals surface area contributed by atoms with E-state index in [9.17, 15) is 9.59 Å². The second kappa shape index (κ2) is 6.87. The van der Waals surface area contributed by atoms with Crippen LogP contribution in [0.1, 0.15) is 13.3 Å². The fourth-order valence-corrected chi connectivity index (χ4v) is 1.84. The molecule has 0 spiro atoms. The molecule has 1 fully saturated rings. The van der Waals surface area contributed by atoms with Crippen LogP contribution in [0.2, 0.25) is 0 Å². The van der Waals surface area contributed by atoms with Crippen molar-refractivity contribution in [3.8, 4) is 12.3 Å². The Hall–Kier alpha value is -1.74. The molecule has 1 rings (SSSR count). The maximum absolute atomic E-state index is 11.8. The first-order valence-electron chi connectivity index (χ1n) is 5.98. The van der Waals surface area contributed by atoms with Crippen molar-refractivity contribution in [1.29, 1.82) is 0 Å². The van der Waals surface area contributed by atoms with E-state index in [1.807, 2.05) is 4.90 Å². The lowest BCUT2D eigenvalue weighted by atomic mass is 10.3. The van der Waals surface area contributed by atoms with Crippen LogP contribution in [-0.4, -0.2) is 65.7 Å². The predicted octanol–water partition coefficient (Wildman–Crippen LogP) is -0.190. The summed E-state index contributed by atoms with van der Waals surface area (Å²) in [4.78, 5) is 26.0. The van der Waals surface area contributed by atoms with Gasteiger partial charge < -0.3 is 15.3 Å². The van der Waals surface area contributed by atoms with Gasteiger partial charge in [-0.05, 0) is 13.3 Å². The lowest BCUT2D eigenvalue weighted by molar-refractivity contribution is -0.138. The Morgan fingerprint density at radius 1 is 1.39 bits per heavy atom. The lowest BCUT2D eigenvalue weighted by Gasteiger charge is -2.22. The Morgan fingerprint density at radius 3 is 2.72 bits per heavy atom. The maximum atomic E-state index is 11.8. The number of aliphatic carboxylic acids is 1. The van der Waals surface area contributed by atoms with Crippen molar-refractivity contribution < 1.29 is 14.7 Å². The molecule has 1 atom stereocenters. The standard InChI is InChI=1S/C12H19N3O3/c1-3-10(2)13-12(18)15-6-4-5-14(7-8-15)9-11(16)17/h1,10H,4-9H2,2H3,(H,13,18)(H,16,17). The first kappa shape index (κ1) is 14.3. The average Bonchev–Trinajstić information content (AvgIpc) is 2.53. The molecule has 1 unspecified atom stereocenters. The molecule has 100 valence electrons. The van der Waals surface area contributed by atoms with Crippen molar-refractivity contribution in [2.24, 2.45) is 0 Å². The van der Waals surface area contributed by atoms with Gasteiger partial charge in [-0.15, -0.1) is 6.42 Å². The Bertz CT molecular complexity index is 351. The molecule has 1 heterocycles. The zero-order chi connectivity index (χ0) is 13.5. The highest BCUT2D eigenvalue weighted by Crippen LogP contribution is 2.03. The molecule has 2 amide bonds. The summed E-state index contributed by atoms with van der Waals surface area (Å²) in [5.41, 5.74) is 0. The molecule has 0 bridgehead atoms. The Morgan fingerprint density at radius 2 is 2.11 bits per heavy atom. The smallest absolute Gasteiger partial charge is 0.318 e. The quantitative estimate of drug-likeness (QED) is 0.684. The second-order valence-electron chi connectivity index (χ2n) is 4.35. The first-order valence-corrected chi connectivity index (χ1v) is 5.98. The summed E-state index contributed by atoms with van der Waals surface area (Å²) in [6, 6.07) is -0.478. The molecule has 0 aromatic heterocycles. The van der Waals surface area contributed by atoms with Gasteiger partial charge in [0.1, 0.15) is 0 Å². The van der Waals surface area contributed by atoms with Crippen LogP contribution in [0, 0.1) is 12.3 Å². The summed E-state index contributed by atoms with van der Waals surface area (Å²) in [7, 11) is 0. The van der Waals surface area contributed by atoms with Crippen molar-refractivity contribution in [3.63, 3.8) is 0 Å². The molecule has 0 aromatic rings. The van der Waals surface area contributed by atoms with E-state index < -0.39 is 5.97 Å². The summed E-state index contributed by atoms with van der Waals surface area (Å²) < 4.78 is 0. The maximum Gasteiger partial charge on any atom is 0.318 e. The van der Waals surface area contributed by atoms with Gasteiger partial charge in [-0.2, -0.15) is 0 Å². The van der Waals surface area contributed by atoms with Gasteiger partial charge in [-0.25, -0.2) is 4.79 Å². The number of hydrogen-bond donors (Lipinski definition) is 2. The second-order valence-corrected chi connectivity index (χ2v) is 4.35. The Kier molecular flexibility index (Phi) is 5.46. The van der Waals surface area contributed by atoms with Crippen LogP contribution in [0.15, 0.2) is 0 Å². The fourth-order valence-electron chi connectivity index (χ4n) is 1.84. The van der Waals surface area contributed by atoms with E-state index >= 15 is 0 Å². The molecule has 0 saturated carbocycles. The Balaban J connectivity index is 2.44. The minimum Gasteiger partial charge on any atom is -0.480 e. The highest BCUT2D eigenvalue weighted by Gasteiger charge is 2.20. The normalized spacial score (nSPS) is 18.6. The van der Waals surface area contributed by atoms with Gasteiger partial charge in [-0.1, -0.05) is 5.92 Å². The molecule has 0 aliphatic carbocycles. The number of carboxylic acids is 1. The third kappa shape index (κ3) is 4.63. The van der Waals surface area contributed by atoms with Crippen LogP contribution in [0.3, 0.4) is 0 Å². The van der Waals surface area contributed by atoms with Crippen molar-refractivity contribution in [1.82, 2.24) is 15.1 Å². The van der Waals surface area contributed by atoms with Gasteiger partial charge in [0.05, 0.1) is 12.6 Å². The molecule has 0 radical (unpaired) electrons. The molecule has 1 aliphatic rings. The topological polar surface area (TPSA) is 72.9 Å². The van der Waals surface area contributed by atoms with Gasteiger partial charge in [0.25, 0.3) is 0 Å². The number of amides is 2. The van der Waals surface area contributed by atoms with Crippen LogP contribution in [-0.2, 0) is 4.79 Å². The monoisotopic (exact) mass is 253 g/mol. The summed E-state index contributed by atoms with van der Waals surface area (Å²) in [6.07, 6.45) is 5.97. The zero-order valence-corrected chi connectivity index (χ0v) is 10.6. The van der Waals surface area contributed by atoms with Gasteiger partial charge >= 0.3 is 12.0 Å². The van der Waals surface area contributed by atoms with Crippen LogP contribution >= 0.6 is 0 Å². The molecule has 1 aliphatic heterocycles. The van der Waals surface area contributed by atoms with E-state index in [2.05, 4.69) is 11.2 Å². The number of terminal acetylenes is 1. The van der Waals surface area contributed by atoms with E-state index in [0.717, 1.165) is 6.42 Å². The van der Waals surface area contributed by atoms with Crippen LogP contribution in [0.25, 0.3) is 0 Å². The average molecular weight is 253 g/mol.